The molecule has 0 aliphatic rings. The van der Waals surface area contributed by atoms with Gasteiger partial charge in [0.25, 0.3) is 0 Å². The molecule has 200 valence electrons. The number of rotatable bonds is 3. The first-order valence-corrected chi connectivity index (χ1v) is 14.4. The van der Waals surface area contributed by atoms with Crippen molar-refractivity contribution >= 4 is 54.3 Å². The second-order valence-corrected chi connectivity index (χ2v) is 10.9. The summed E-state index contributed by atoms with van der Waals surface area (Å²) in [6.07, 6.45) is 0. The van der Waals surface area contributed by atoms with Crippen LogP contribution in [0, 0.1) is 0 Å². The Bertz CT molecular complexity index is 2710. The van der Waals surface area contributed by atoms with E-state index in [1.807, 2.05) is 24.3 Å². The predicted molar refractivity (Wildman–Crippen MR) is 183 cm³/mol. The summed E-state index contributed by atoms with van der Waals surface area (Å²) in [4.78, 5) is 0. The molecule has 0 unspecified atom stereocenters. The Labute approximate surface area is 256 Å². The van der Waals surface area contributed by atoms with Gasteiger partial charge in [0.05, 0.1) is 6.85 Å². The summed E-state index contributed by atoms with van der Waals surface area (Å²) in [6.45, 7) is 0. The van der Waals surface area contributed by atoms with Crippen LogP contribution in [0.25, 0.3) is 87.6 Å². The van der Waals surface area contributed by atoms with E-state index in [4.69, 9.17) is 11.3 Å². The van der Waals surface area contributed by atoms with Gasteiger partial charge < -0.3 is 4.42 Å². The summed E-state index contributed by atoms with van der Waals surface area (Å²) in [7, 11) is 0. The number of hydrogen-bond acceptors (Lipinski definition) is 1. The summed E-state index contributed by atoms with van der Waals surface area (Å²) in [5, 5.41) is 8.86. The first kappa shape index (κ1) is 19.5. The Morgan fingerprint density at radius 2 is 1.07 bits per heavy atom. The zero-order chi connectivity index (χ0) is 32.7. The van der Waals surface area contributed by atoms with Crippen LogP contribution in [0.5, 0.6) is 0 Å². The number of furan rings is 1. The van der Waals surface area contributed by atoms with Gasteiger partial charge in [-0.25, -0.2) is 0 Å². The maximum Gasteiger partial charge on any atom is 0.136 e. The van der Waals surface area contributed by atoms with Crippen LogP contribution >= 0.6 is 0 Å². The molecule has 0 aliphatic heterocycles. The lowest BCUT2D eigenvalue weighted by molar-refractivity contribution is 0.669. The SMILES string of the molecule is [2H]c1c([2H])c([2H])c(-c2ccc3c(c2)oc2cccc(-c4c5ccccc5c(-c5ccc6ccccc6c5)c5ccccc45)c23)c([2H])c1[2H]. The molecule has 1 heteroatoms. The molecule has 0 saturated carbocycles. The van der Waals surface area contributed by atoms with Crippen LogP contribution in [0.3, 0.4) is 0 Å². The Hall–Kier alpha value is -5.66. The zero-order valence-corrected chi connectivity index (χ0v) is 23.0. The van der Waals surface area contributed by atoms with E-state index in [1.54, 1.807) is 6.07 Å². The minimum atomic E-state index is -0.408. The molecule has 0 N–H and O–H groups in total. The fourth-order valence-electron chi connectivity index (χ4n) is 6.66. The van der Waals surface area contributed by atoms with Gasteiger partial charge in [-0.05, 0) is 90.0 Å². The summed E-state index contributed by atoms with van der Waals surface area (Å²) in [6, 6.07) is 42.4. The summed E-state index contributed by atoms with van der Waals surface area (Å²) in [5.41, 5.74) is 6.49. The zero-order valence-electron chi connectivity index (χ0n) is 28.0. The van der Waals surface area contributed by atoms with Gasteiger partial charge in [-0.2, -0.15) is 0 Å². The third-order valence-electron chi connectivity index (χ3n) is 8.52. The molecular weight excluding hydrogens is 520 g/mol. The Kier molecular flexibility index (Phi) is 4.27. The maximum absolute atomic E-state index is 8.50. The van der Waals surface area contributed by atoms with Crippen molar-refractivity contribution in [2.24, 2.45) is 0 Å². The van der Waals surface area contributed by atoms with Gasteiger partial charge in [-0.15, -0.1) is 0 Å². The second kappa shape index (κ2) is 9.44. The summed E-state index contributed by atoms with van der Waals surface area (Å²) < 4.78 is 47.8. The van der Waals surface area contributed by atoms with Crippen LogP contribution in [0.1, 0.15) is 6.85 Å². The largest absolute Gasteiger partial charge is 0.456 e. The third-order valence-corrected chi connectivity index (χ3v) is 8.52. The molecule has 0 fully saturated rings. The van der Waals surface area contributed by atoms with E-state index in [0.29, 0.717) is 16.7 Å². The topological polar surface area (TPSA) is 13.1 Å². The maximum atomic E-state index is 8.50. The summed E-state index contributed by atoms with van der Waals surface area (Å²) in [5.74, 6) is 0. The first-order valence-electron chi connectivity index (χ1n) is 16.9. The van der Waals surface area contributed by atoms with E-state index in [2.05, 4.69) is 97.1 Å². The van der Waals surface area contributed by atoms with E-state index in [9.17, 15) is 0 Å². The van der Waals surface area contributed by atoms with Crippen LogP contribution in [-0.2, 0) is 0 Å². The van der Waals surface area contributed by atoms with E-state index in [0.717, 1.165) is 43.4 Å². The van der Waals surface area contributed by atoms with Gasteiger partial charge >= 0.3 is 0 Å². The highest BCUT2D eigenvalue weighted by Gasteiger charge is 2.20. The highest BCUT2D eigenvalue weighted by molar-refractivity contribution is 6.25. The molecule has 0 spiro atoms. The number of benzene rings is 8. The fourth-order valence-corrected chi connectivity index (χ4v) is 6.66. The molecule has 1 heterocycles. The molecule has 1 aromatic heterocycles. The van der Waals surface area contributed by atoms with E-state index in [-0.39, 0.29) is 29.7 Å². The third kappa shape index (κ3) is 3.72. The lowest BCUT2D eigenvalue weighted by Crippen LogP contribution is -1.91. The number of hydrogen-bond donors (Lipinski definition) is 0. The van der Waals surface area contributed by atoms with Gasteiger partial charge in [-0.3, -0.25) is 0 Å². The highest BCUT2D eigenvalue weighted by Crippen LogP contribution is 2.47. The van der Waals surface area contributed by atoms with Crippen molar-refractivity contribution < 1.29 is 11.3 Å². The van der Waals surface area contributed by atoms with Crippen LogP contribution in [0.4, 0.5) is 0 Å². The molecule has 0 radical (unpaired) electrons. The van der Waals surface area contributed by atoms with Crippen molar-refractivity contribution in [3.05, 3.63) is 158 Å². The van der Waals surface area contributed by atoms with Gasteiger partial charge in [0.2, 0.25) is 0 Å². The number of fused-ring (bicyclic) bond motifs is 6. The molecule has 9 rings (SSSR count). The van der Waals surface area contributed by atoms with Crippen LogP contribution in [-0.4, -0.2) is 0 Å². The normalized spacial score (nSPS) is 13.3. The van der Waals surface area contributed by atoms with E-state index >= 15 is 0 Å². The van der Waals surface area contributed by atoms with Gasteiger partial charge in [0.1, 0.15) is 11.2 Å². The average molecular weight is 552 g/mol. The Morgan fingerprint density at radius 1 is 0.419 bits per heavy atom. The molecule has 0 bridgehead atoms. The standard InChI is InChI=1S/C42H26O/c1-2-11-27(12-3-1)30-23-24-36-39(26-30)43-38-20-10-19-37(42(36)38)41-34-17-8-6-15-32(34)40(33-16-7-9-18-35(33)41)31-22-21-28-13-4-5-14-29(28)25-31/h1-26H/i1D,2D,3D,11D,12D. The molecule has 1 nitrogen and oxygen atoms in total. The molecule has 0 saturated heterocycles. The fraction of sp³-hybridized carbons (Fsp3) is 0. The van der Waals surface area contributed by atoms with Crippen LogP contribution < -0.4 is 0 Å². The minimum Gasteiger partial charge on any atom is -0.456 e. The second-order valence-electron chi connectivity index (χ2n) is 10.9. The summed E-state index contributed by atoms with van der Waals surface area (Å²) >= 11 is 0. The first-order chi connectivity index (χ1) is 23.4. The van der Waals surface area contributed by atoms with Crippen molar-refractivity contribution in [3.8, 4) is 33.4 Å². The van der Waals surface area contributed by atoms with Crippen molar-refractivity contribution in [2.75, 3.05) is 0 Å². The molecule has 0 aliphatic carbocycles. The van der Waals surface area contributed by atoms with Gasteiger partial charge in [0.15, 0.2) is 0 Å². The molecule has 9 aromatic rings. The van der Waals surface area contributed by atoms with Crippen LogP contribution in [0.15, 0.2) is 162 Å². The average Bonchev–Trinajstić information content (AvgIpc) is 3.50. The lowest BCUT2D eigenvalue weighted by Gasteiger charge is -2.18. The molecule has 8 aromatic carbocycles. The minimum absolute atomic E-state index is 0.157. The van der Waals surface area contributed by atoms with E-state index < -0.39 is 6.04 Å². The van der Waals surface area contributed by atoms with Gasteiger partial charge in [0, 0.05) is 10.8 Å². The predicted octanol–water partition coefficient (Wildman–Crippen LogP) is 12.0. The Balaban J connectivity index is 1.33. The molecule has 0 amide bonds. The molecule has 0 atom stereocenters. The van der Waals surface area contributed by atoms with Crippen molar-refractivity contribution in [1.82, 2.24) is 0 Å². The van der Waals surface area contributed by atoms with Gasteiger partial charge in [-0.1, -0.05) is 133 Å². The quantitative estimate of drug-likeness (QED) is 0.199. The van der Waals surface area contributed by atoms with Crippen LogP contribution in [0.2, 0.25) is 0 Å². The van der Waals surface area contributed by atoms with Crippen molar-refractivity contribution in [3.63, 3.8) is 0 Å². The van der Waals surface area contributed by atoms with Crippen molar-refractivity contribution in [1.29, 1.82) is 0 Å². The molecular formula is C42H26O. The smallest absolute Gasteiger partial charge is 0.136 e. The monoisotopic (exact) mass is 551 g/mol. The van der Waals surface area contributed by atoms with E-state index in [1.165, 1.54) is 21.9 Å². The lowest BCUT2D eigenvalue weighted by atomic mass is 9.84. The van der Waals surface area contributed by atoms with Crippen molar-refractivity contribution in [2.45, 2.75) is 0 Å². The highest BCUT2D eigenvalue weighted by atomic mass is 16.3. The molecule has 43 heavy (non-hydrogen) atoms. The Morgan fingerprint density at radius 3 is 1.81 bits per heavy atom.